The summed E-state index contributed by atoms with van der Waals surface area (Å²) in [4.78, 5) is 28.7. The van der Waals surface area contributed by atoms with Gasteiger partial charge in [0.2, 0.25) is 0 Å². The minimum Gasteiger partial charge on any atom is -0.486 e. The fraction of sp³-hybridized carbons (Fsp3) is 0.304. The second-order valence-electron chi connectivity index (χ2n) is 8.22. The van der Waals surface area contributed by atoms with Gasteiger partial charge in [-0.15, -0.1) is 0 Å². The lowest BCUT2D eigenvalue weighted by Crippen LogP contribution is -2.41. The molecule has 0 spiro atoms. The zero-order chi connectivity index (χ0) is 20.6. The smallest absolute Gasteiger partial charge is 0.268 e. The first-order valence-corrected chi connectivity index (χ1v) is 9.67. The maximum atomic E-state index is 13.0. The van der Waals surface area contributed by atoms with Gasteiger partial charge in [-0.05, 0) is 43.9 Å². The average Bonchev–Trinajstić information content (AvgIpc) is 2.68. The van der Waals surface area contributed by atoms with E-state index in [0.717, 1.165) is 5.56 Å². The summed E-state index contributed by atoms with van der Waals surface area (Å²) in [5.41, 5.74) is 1.12. The van der Waals surface area contributed by atoms with Gasteiger partial charge in [-0.1, -0.05) is 30.3 Å². The largest absolute Gasteiger partial charge is 0.486 e. The molecule has 1 aliphatic rings. The molecule has 3 aromatic rings. The summed E-state index contributed by atoms with van der Waals surface area (Å²) >= 11 is 0. The molecule has 29 heavy (non-hydrogen) atoms. The summed E-state index contributed by atoms with van der Waals surface area (Å²) in [7, 11) is 0. The number of aromatic nitrogens is 1. The van der Waals surface area contributed by atoms with Crippen molar-refractivity contribution in [2.45, 2.75) is 32.7 Å². The minimum atomic E-state index is -0.434. The average molecular weight is 392 g/mol. The Balaban J connectivity index is 1.92. The number of aromatic amines is 1. The Morgan fingerprint density at radius 1 is 1.03 bits per heavy atom. The molecule has 0 bridgehead atoms. The molecule has 0 radical (unpaired) electrons. The molecule has 6 nitrogen and oxygen atoms in total. The highest BCUT2D eigenvalue weighted by Crippen LogP contribution is 2.36. The number of pyridine rings is 1. The van der Waals surface area contributed by atoms with E-state index in [9.17, 15) is 9.59 Å². The van der Waals surface area contributed by atoms with Crippen LogP contribution < -0.4 is 20.3 Å². The molecular formula is C23H24N2O4. The zero-order valence-electron chi connectivity index (χ0n) is 16.8. The van der Waals surface area contributed by atoms with Gasteiger partial charge in [-0.2, -0.15) is 0 Å². The molecule has 0 unspecified atom stereocenters. The van der Waals surface area contributed by atoms with Crippen molar-refractivity contribution < 1.29 is 14.3 Å². The predicted molar refractivity (Wildman–Crippen MR) is 112 cm³/mol. The van der Waals surface area contributed by atoms with Crippen molar-refractivity contribution in [1.82, 2.24) is 10.3 Å². The van der Waals surface area contributed by atoms with Gasteiger partial charge in [0.15, 0.2) is 11.5 Å². The third kappa shape index (κ3) is 3.97. The van der Waals surface area contributed by atoms with Crippen LogP contribution in [0.4, 0.5) is 0 Å². The van der Waals surface area contributed by atoms with Crippen LogP contribution in [0.5, 0.6) is 11.5 Å². The second-order valence-corrected chi connectivity index (χ2v) is 8.22. The van der Waals surface area contributed by atoms with E-state index in [4.69, 9.17) is 9.47 Å². The number of carbonyl (C=O) groups is 1. The van der Waals surface area contributed by atoms with E-state index >= 15 is 0 Å². The number of H-pyrrole nitrogens is 1. The van der Waals surface area contributed by atoms with Crippen LogP contribution in [0.2, 0.25) is 0 Å². The molecule has 1 aromatic heterocycles. The third-order valence-corrected chi connectivity index (χ3v) is 4.73. The summed E-state index contributed by atoms with van der Waals surface area (Å²) < 4.78 is 11.4. The number of hydrogen-bond donors (Lipinski definition) is 2. The standard InChI is InChI=1S/C23H24N2O4/c1-23(2,3)25-22(27)20-16-13-19-18(28-9-10-29-19)12-15(16)17(21(26)24-20)11-14-7-5-4-6-8-14/h4-8,12-13H,9-11H2,1-3H3,(H,24,26)(H,25,27). The van der Waals surface area contributed by atoms with Crippen LogP contribution >= 0.6 is 0 Å². The fourth-order valence-electron chi connectivity index (χ4n) is 3.48. The van der Waals surface area contributed by atoms with Crippen molar-refractivity contribution in [3.05, 3.63) is 69.6 Å². The van der Waals surface area contributed by atoms with Gasteiger partial charge < -0.3 is 19.8 Å². The van der Waals surface area contributed by atoms with Gasteiger partial charge in [0.25, 0.3) is 11.5 Å². The summed E-state index contributed by atoms with van der Waals surface area (Å²) in [5, 5.41) is 4.26. The number of hydrogen-bond acceptors (Lipinski definition) is 4. The van der Waals surface area contributed by atoms with Crippen molar-refractivity contribution in [3.63, 3.8) is 0 Å². The van der Waals surface area contributed by atoms with Crippen molar-refractivity contribution >= 4 is 16.7 Å². The lowest BCUT2D eigenvalue weighted by atomic mass is 9.97. The SMILES string of the molecule is CC(C)(C)NC(=O)c1[nH]c(=O)c(Cc2ccccc2)c2cc3c(cc12)OCCO3. The Labute approximate surface area is 168 Å². The number of nitrogens with one attached hydrogen (secondary N) is 2. The van der Waals surface area contributed by atoms with Gasteiger partial charge in [0.05, 0.1) is 0 Å². The molecular weight excluding hydrogens is 368 g/mol. The summed E-state index contributed by atoms with van der Waals surface area (Å²) in [6.07, 6.45) is 0.452. The van der Waals surface area contributed by atoms with Gasteiger partial charge in [-0.3, -0.25) is 9.59 Å². The first-order valence-electron chi connectivity index (χ1n) is 9.67. The number of amides is 1. The Hall–Kier alpha value is -3.28. The van der Waals surface area contributed by atoms with Crippen molar-refractivity contribution in [3.8, 4) is 11.5 Å². The maximum absolute atomic E-state index is 13.0. The van der Waals surface area contributed by atoms with Gasteiger partial charge in [-0.25, -0.2) is 0 Å². The first-order chi connectivity index (χ1) is 13.8. The number of fused-ring (bicyclic) bond motifs is 2. The quantitative estimate of drug-likeness (QED) is 0.716. The maximum Gasteiger partial charge on any atom is 0.268 e. The van der Waals surface area contributed by atoms with E-state index in [2.05, 4.69) is 10.3 Å². The molecule has 4 rings (SSSR count). The Kier molecular flexibility index (Phi) is 4.78. The Morgan fingerprint density at radius 2 is 1.66 bits per heavy atom. The third-order valence-electron chi connectivity index (χ3n) is 4.73. The van der Waals surface area contributed by atoms with Crippen LogP contribution in [0.25, 0.3) is 10.8 Å². The molecule has 2 aromatic carbocycles. The topological polar surface area (TPSA) is 80.4 Å². The van der Waals surface area contributed by atoms with Crippen LogP contribution in [0.1, 0.15) is 42.4 Å². The lowest BCUT2D eigenvalue weighted by Gasteiger charge is -2.23. The molecule has 2 heterocycles. The van der Waals surface area contributed by atoms with Crippen molar-refractivity contribution in [2.24, 2.45) is 0 Å². The molecule has 6 heteroatoms. The summed E-state index contributed by atoms with van der Waals surface area (Å²) in [6, 6.07) is 13.4. The van der Waals surface area contributed by atoms with Crippen LogP contribution in [0, 0.1) is 0 Å². The highest BCUT2D eigenvalue weighted by molar-refractivity contribution is 6.07. The molecule has 2 N–H and O–H groups in total. The predicted octanol–water partition coefficient (Wildman–Crippen LogP) is 3.42. The minimum absolute atomic E-state index is 0.230. The van der Waals surface area contributed by atoms with Crippen LogP contribution in [-0.2, 0) is 6.42 Å². The first kappa shape index (κ1) is 19.1. The van der Waals surface area contributed by atoms with Gasteiger partial charge >= 0.3 is 0 Å². The molecule has 1 amide bonds. The highest BCUT2D eigenvalue weighted by atomic mass is 16.6. The molecule has 0 atom stereocenters. The van der Waals surface area contributed by atoms with E-state index in [-0.39, 0.29) is 17.2 Å². The number of rotatable bonds is 3. The number of benzene rings is 2. The molecule has 0 fully saturated rings. The zero-order valence-corrected chi connectivity index (χ0v) is 16.8. The highest BCUT2D eigenvalue weighted by Gasteiger charge is 2.23. The summed E-state index contributed by atoms with van der Waals surface area (Å²) in [6.45, 7) is 6.59. The monoisotopic (exact) mass is 392 g/mol. The Bertz CT molecular complexity index is 1130. The normalized spacial score (nSPS) is 13.3. The summed E-state index contributed by atoms with van der Waals surface area (Å²) in [5.74, 6) is 0.833. The van der Waals surface area contributed by atoms with Gasteiger partial charge in [0.1, 0.15) is 18.9 Å². The van der Waals surface area contributed by atoms with Crippen LogP contribution in [-0.4, -0.2) is 29.6 Å². The van der Waals surface area contributed by atoms with Crippen molar-refractivity contribution in [2.75, 3.05) is 13.2 Å². The Morgan fingerprint density at radius 3 is 2.28 bits per heavy atom. The second kappa shape index (κ2) is 7.28. The number of ether oxygens (including phenoxy) is 2. The van der Waals surface area contributed by atoms with Crippen molar-refractivity contribution in [1.29, 1.82) is 0 Å². The van der Waals surface area contributed by atoms with E-state index in [1.165, 1.54) is 0 Å². The fourth-order valence-corrected chi connectivity index (χ4v) is 3.48. The van der Waals surface area contributed by atoms with Crippen LogP contribution in [0.15, 0.2) is 47.3 Å². The molecule has 0 aliphatic carbocycles. The van der Waals surface area contributed by atoms with E-state index < -0.39 is 5.54 Å². The lowest BCUT2D eigenvalue weighted by molar-refractivity contribution is 0.0916. The molecule has 0 saturated carbocycles. The van der Waals surface area contributed by atoms with E-state index in [1.54, 1.807) is 6.07 Å². The number of carbonyl (C=O) groups excluding carboxylic acids is 1. The molecule has 150 valence electrons. The van der Waals surface area contributed by atoms with Crippen LogP contribution in [0.3, 0.4) is 0 Å². The molecule has 1 aliphatic heterocycles. The van der Waals surface area contributed by atoms with Gasteiger partial charge in [0, 0.05) is 22.9 Å². The van der Waals surface area contributed by atoms with E-state index in [0.29, 0.717) is 47.5 Å². The molecule has 0 saturated heterocycles. The van der Waals surface area contributed by atoms with E-state index in [1.807, 2.05) is 57.2 Å².